The lowest BCUT2D eigenvalue weighted by Gasteiger charge is -2.09. The van der Waals surface area contributed by atoms with E-state index in [1.165, 1.54) is 0 Å². The van der Waals surface area contributed by atoms with Crippen LogP contribution >= 0.6 is 0 Å². The van der Waals surface area contributed by atoms with Crippen molar-refractivity contribution < 1.29 is 12.9 Å². The van der Waals surface area contributed by atoms with Crippen molar-refractivity contribution in [2.45, 2.75) is 30.4 Å². The van der Waals surface area contributed by atoms with Crippen LogP contribution in [0.4, 0.5) is 0 Å². The smallest absolute Gasteiger partial charge is 0.190 e. The van der Waals surface area contributed by atoms with Crippen LogP contribution < -0.4 is 11.5 Å². The second kappa shape index (κ2) is 9.48. The predicted octanol–water partition coefficient (Wildman–Crippen LogP) is 4.09. The molecule has 2 heterocycles. The topological polar surface area (TPSA) is 137 Å². The molecule has 0 spiro atoms. The summed E-state index contributed by atoms with van der Waals surface area (Å²) in [4.78, 5) is 8.54. The zero-order chi connectivity index (χ0) is 24.3. The summed E-state index contributed by atoms with van der Waals surface area (Å²) in [6.07, 6.45) is 11.6. The van der Waals surface area contributed by atoms with Gasteiger partial charge in [0.15, 0.2) is 21.6 Å². The van der Waals surface area contributed by atoms with Gasteiger partial charge in [-0.2, -0.15) is 0 Å². The van der Waals surface area contributed by atoms with Crippen LogP contribution in [0.25, 0.3) is 28.0 Å². The Kier molecular flexibility index (Phi) is 6.47. The van der Waals surface area contributed by atoms with Gasteiger partial charge in [-0.05, 0) is 49.6 Å². The number of aromatic nitrogens is 2. The summed E-state index contributed by atoms with van der Waals surface area (Å²) in [5.41, 5.74) is 15.8. The minimum Gasteiger partial charge on any atom is -0.370 e. The molecule has 0 saturated carbocycles. The van der Waals surface area contributed by atoms with Gasteiger partial charge in [-0.3, -0.25) is 4.98 Å². The molecule has 8 nitrogen and oxygen atoms in total. The molecule has 2 aromatic heterocycles. The number of nitrogens with zero attached hydrogens (tertiary/aromatic N) is 3. The maximum Gasteiger partial charge on any atom is 0.190 e. The van der Waals surface area contributed by atoms with E-state index in [4.69, 9.17) is 16.0 Å². The Bertz CT molecular complexity index is 1430. The van der Waals surface area contributed by atoms with Crippen LogP contribution in [0.1, 0.15) is 26.0 Å². The van der Waals surface area contributed by atoms with E-state index in [0.29, 0.717) is 22.8 Å². The molecule has 3 aromatic rings. The number of allylic oxidation sites excluding steroid dienone is 5. The Morgan fingerprint density at radius 3 is 2.44 bits per heavy atom. The summed E-state index contributed by atoms with van der Waals surface area (Å²) in [7, 11) is -3.32. The maximum absolute atomic E-state index is 12.4. The molecule has 0 bridgehead atoms. The van der Waals surface area contributed by atoms with Gasteiger partial charge in [0.25, 0.3) is 0 Å². The molecular weight excluding hydrogens is 450 g/mol. The van der Waals surface area contributed by atoms with E-state index < -0.39 is 15.1 Å². The summed E-state index contributed by atoms with van der Waals surface area (Å²) in [5, 5.41) is 3.72. The minimum atomic E-state index is -3.32. The lowest BCUT2D eigenvalue weighted by molar-refractivity contribution is 0.430. The Balaban J connectivity index is 1.54. The Morgan fingerprint density at radius 2 is 1.79 bits per heavy atom. The van der Waals surface area contributed by atoms with E-state index in [0.717, 1.165) is 27.8 Å². The van der Waals surface area contributed by atoms with E-state index in [1.54, 1.807) is 56.7 Å². The van der Waals surface area contributed by atoms with Crippen LogP contribution in [0.5, 0.6) is 0 Å². The number of aliphatic imine (C=N–C) groups is 1. The highest BCUT2D eigenvalue weighted by atomic mass is 32.2. The van der Waals surface area contributed by atoms with Crippen LogP contribution in [-0.4, -0.2) is 29.8 Å². The largest absolute Gasteiger partial charge is 0.370 e. The third kappa shape index (κ3) is 4.99. The van der Waals surface area contributed by atoms with Crippen molar-refractivity contribution in [1.82, 2.24) is 10.1 Å². The van der Waals surface area contributed by atoms with Crippen LogP contribution in [0.2, 0.25) is 0 Å². The molecule has 1 aliphatic carbocycles. The number of nitrogens with two attached hydrogens (primary N) is 2. The number of hydrogen-bond donors (Lipinski definition) is 2. The summed E-state index contributed by atoms with van der Waals surface area (Å²) >= 11 is 0. The molecule has 4 N–H and O–H groups in total. The summed E-state index contributed by atoms with van der Waals surface area (Å²) in [6.45, 7) is 3.34. The number of benzene rings is 1. The van der Waals surface area contributed by atoms with Gasteiger partial charge in [-0.15, -0.1) is 0 Å². The fourth-order valence-corrected chi connectivity index (χ4v) is 4.45. The standard InChI is InChI=1S/C25H25N5O3S/c1-16(2)34(31,32)22-9-7-18(8-10-22)20-11-21(15-28-14-20)24-12-23(30-33-24)19-5-3-17(4-6-19)13-29-25(26)27/h3,5-16H,4H2,1-2H3,(H4,26,27,29). The second-order valence-corrected chi connectivity index (χ2v) is 10.6. The molecule has 0 fully saturated rings. The number of hydrogen-bond acceptors (Lipinski definition) is 6. The molecule has 0 saturated heterocycles. The molecule has 0 aliphatic heterocycles. The van der Waals surface area contributed by atoms with Gasteiger partial charge in [0, 0.05) is 41.4 Å². The predicted molar refractivity (Wildman–Crippen MR) is 133 cm³/mol. The summed E-state index contributed by atoms with van der Waals surface area (Å²) in [5.74, 6) is 0.601. The average Bonchev–Trinajstić information content (AvgIpc) is 3.33. The number of rotatable bonds is 6. The second-order valence-electron chi connectivity index (χ2n) is 8.11. The van der Waals surface area contributed by atoms with E-state index >= 15 is 0 Å². The van der Waals surface area contributed by atoms with Crippen molar-refractivity contribution in [2.24, 2.45) is 16.5 Å². The Labute approximate surface area is 198 Å². The van der Waals surface area contributed by atoms with Gasteiger partial charge in [-0.25, -0.2) is 13.4 Å². The van der Waals surface area contributed by atoms with Crippen LogP contribution in [-0.2, 0) is 9.84 Å². The molecular formula is C25H25N5O3S. The minimum absolute atomic E-state index is 0.0178. The average molecular weight is 476 g/mol. The third-order valence-electron chi connectivity index (χ3n) is 5.38. The van der Waals surface area contributed by atoms with Crippen LogP contribution in [0.3, 0.4) is 0 Å². The first-order valence-corrected chi connectivity index (χ1v) is 12.2. The van der Waals surface area contributed by atoms with Gasteiger partial charge in [0.2, 0.25) is 0 Å². The molecule has 0 unspecified atom stereocenters. The van der Waals surface area contributed by atoms with Gasteiger partial charge in [0.1, 0.15) is 5.69 Å². The van der Waals surface area contributed by atoms with Crippen LogP contribution in [0.15, 0.2) is 93.2 Å². The lowest BCUT2D eigenvalue weighted by Crippen LogP contribution is -2.21. The fraction of sp³-hybridized carbons (Fsp3) is 0.160. The lowest BCUT2D eigenvalue weighted by atomic mass is 10.00. The van der Waals surface area contributed by atoms with E-state index in [9.17, 15) is 8.42 Å². The molecule has 1 aliphatic rings. The third-order valence-corrected chi connectivity index (χ3v) is 7.55. The van der Waals surface area contributed by atoms with Crippen molar-refractivity contribution in [3.8, 4) is 22.5 Å². The van der Waals surface area contributed by atoms with Gasteiger partial charge in [0.05, 0.1) is 10.1 Å². The van der Waals surface area contributed by atoms with E-state index in [2.05, 4.69) is 15.1 Å². The highest BCUT2D eigenvalue weighted by Gasteiger charge is 2.19. The number of pyridine rings is 1. The first kappa shape index (κ1) is 23.2. The van der Waals surface area contributed by atoms with Crippen molar-refractivity contribution in [1.29, 1.82) is 0 Å². The highest BCUT2D eigenvalue weighted by molar-refractivity contribution is 7.92. The SMILES string of the molecule is CC(C)S(=O)(=O)c1ccc(-c2cncc(-c3cc(C4=CCC(=CN=C(N)N)C=C4)no3)c2)cc1. The van der Waals surface area contributed by atoms with Crippen molar-refractivity contribution in [2.75, 3.05) is 0 Å². The van der Waals surface area contributed by atoms with E-state index in [1.807, 2.05) is 30.4 Å². The molecule has 174 valence electrons. The quantitative estimate of drug-likeness (QED) is 0.404. The van der Waals surface area contributed by atoms with Gasteiger partial charge in [-0.1, -0.05) is 35.5 Å². The van der Waals surface area contributed by atoms with Crippen molar-refractivity contribution >= 4 is 21.4 Å². The van der Waals surface area contributed by atoms with E-state index in [-0.39, 0.29) is 5.96 Å². The van der Waals surface area contributed by atoms with Gasteiger partial charge >= 0.3 is 0 Å². The zero-order valence-electron chi connectivity index (χ0n) is 18.8. The molecule has 34 heavy (non-hydrogen) atoms. The fourth-order valence-electron chi connectivity index (χ4n) is 3.39. The molecule has 4 rings (SSSR count). The maximum atomic E-state index is 12.4. The normalized spacial score (nSPS) is 14.9. The first-order valence-electron chi connectivity index (χ1n) is 10.7. The van der Waals surface area contributed by atoms with Crippen molar-refractivity contribution in [3.05, 3.63) is 84.5 Å². The first-order chi connectivity index (χ1) is 16.2. The Hall–Kier alpha value is -3.98. The van der Waals surface area contributed by atoms with Gasteiger partial charge < -0.3 is 16.0 Å². The summed E-state index contributed by atoms with van der Waals surface area (Å²) in [6, 6.07) is 10.6. The molecule has 0 radical (unpaired) electrons. The molecule has 9 heteroatoms. The molecule has 0 amide bonds. The van der Waals surface area contributed by atoms with Crippen molar-refractivity contribution in [3.63, 3.8) is 0 Å². The monoisotopic (exact) mass is 475 g/mol. The highest BCUT2D eigenvalue weighted by Crippen LogP contribution is 2.30. The zero-order valence-corrected chi connectivity index (χ0v) is 19.7. The number of sulfone groups is 1. The summed E-state index contributed by atoms with van der Waals surface area (Å²) < 4.78 is 30.3. The van der Waals surface area contributed by atoms with Crippen LogP contribution in [0, 0.1) is 0 Å². The molecule has 0 atom stereocenters. The molecule has 1 aromatic carbocycles. The Morgan fingerprint density at radius 1 is 1.06 bits per heavy atom. The number of guanidine groups is 1.